The average molecular weight is 534 g/mol. The van der Waals surface area contributed by atoms with Crippen LogP contribution >= 0.6 is 0 Å². The van der Waals surface area contributed by atoms with E-state index >= 15 is 0 Å². The number of alkyl halides is 3. The van der Waals surface area contributed by atoms with Crippen LogP contribution in [0.1, 0.15) is 79.6 Å². The Bertz CT molecular complexity index is 1190. The highest BCUT2D eigenvalue weighted by atomic mass is 19.4. The van der Waals surface area contributed by atoms with Crippen LogP contribution in [-0.2, 0) is 28.7 Å². The monoisotopic (exact) mass is 533 g/mol. The van der Waals surface area contributed by atoms with E-state index < -0.39 is 23.2 Å². The maximum Gasteiger partial charge on any atom is 0.416 e. The lowest BCUT2D eigenvalue weighted by Crippen LogP contribution is -2.34. The number of esters is 1. The van der Waals surface area contributed by atoms with Crippen molar-refractivity contribution in [1.82, 2.24) is 14.9 Å². The van der Waals surface area contributed by atoms with E-state index in [4.69, 9.17) is 4.74 Å². The molecule has 0 unspecified atom stereocenters. The number of halogens is 3. The van der Waals surface area contributed by atoms with Crippen molar-refractivity contribution in [3.05, 3.63) is 52.6 Å². The van der Waals surface area contributed by atoms with Gasteiger partial charge in [-0.3, -0.25) is 9.59 Å². The van der Waals surface area contributed by atoms with Crippen LogP contribution in [0.4, 0.5) is 13.2 Å². The summed E-state index contributed by atoms with van der Waals surface area (Å²) >= 11 is 0. The van der Waals surface area contributed by atoms with Gasteiger partial charge in [-0.25, -0.2) is 4.98 Å². The van der Waals surface area contributed by atoms with Gasteiger partial charge in [-0.1, -0.05) is 25.0 Å². The molecular formula is C28H34F3N3O4. The number of aliphatic hydroxyl groups is 1. The van der Waals surface area contributed by atoms with E-state index in [9.17, 15) is 27.9 Å². The molecule has 10 heteroatoms. The van der Waals surface area contributed by atoms with Gasteiger partial charge in [-0.2, -0.15) is 13.2 Å². The van der Waals surface area contributed by atoms with E-state index in [0.717, 1.165) is 25.0 Å². The van der Waals surface area contributed by atoms with E-state index in [-0.39, 0.29) is 35.7 Å². The van der Waals surface area contributed by atoms with Crippen molar-refractivity contribution in [2.24, 2.45) is 11.8 Å². The zero-order valence-corrected chi connectivity index (χ0v) is 22.1. The van der Waals surface area contributed by atoms with Crippen molar-refractivity contribution in [1.29, 1.82) is 0 Å². The van der Waals surface area contributed by atoms with E-state index in [1.54, 1.807) is 4.57 Å². The summed E-state index contributed by atoms with van der Waals surface area (Å²) in [5, 5.41) is 13.0. The molecule has 0 saturated heterocycles. The van der Waals surface area contributed by atoms with E-state index in [1.807, 2.05) is 6.92 Å². The smallest absolute Gasteiger partial charge is 0.416 e. The van der Waals surface area contributed by atoms with Gasteiger partial charge in [0.1, 0.15) is 22.8 Å². The van der Waals surface area contributed by atoms with Crippen LogP contribution in [0.2, 0.25) is 0 Å². The van der Waals surface area contributed by atoms with Crippen molar-refractivity contribution < 1.29 is 32.6 Å². The van der Waals surface area contributed by atoms with E-state index in [1.165, 1.54) is 33.1 Å². The van der Waals surface area contributed by atoms with E-state index in [2.05, 4.69) is 22.1 Å². The molecule has 2 N–H and O–H groups in total. The lowest BCUT2D eigenvalue weighted by atomic mass is 9.82. The van der Waals surface area contributed by atoms with Crippen LogP contribution in [0.3, 0.4) is 0 Å². The summed E-state index contributed by atoms with van der Waals surface area (Å²) in [6.07, 6.45) is -1.04. The van der Waals surface area contributed by atoms with Crippen molar-refractivity contribution >= 4 is 11.9 Å². The Morgan fingerprint density at radius 3 is 2.32 bits per heavy atom. The molecule has 0 atom stereocenters. The topological polar surface area (TPSA) is 93.5 Å². The predicted molar refractivity (Wildman–Crippen MR) is 135 cm³/mol. The lowest BCUT2D eigenvalue weighted by molar-refractivity contribution is -0.146. The van der Waals surface area contributed by atoms with Gasteiger partial charge in [0, 0.05) is 19.5 Å². The first kappa shape index (κ1) is 29.2. The van der Waals surface area contributed by atoms with Gasteiger partial charge in [0.2, 0.25) is 0 Å². The minimum absolute atomic E-state index is 0.118. The first-order chi connectivity index (χ1) is 17.8. The number of hydrogen-bond donors (Lipinski definition) is 2. The summed E-state index contributed by atoms with van der Waals surface area (Å²) in [5.41, 5.74) is -1.10. The Hall–Kier alpha value is -3.32. The molecule has 206 valence electrons. The second-order valence-electron chi connectivity index (χ2n) is 10.1. The largest absolute Gasteiger partial charge is 0.469 e. The summed E-state index contributed by atoms with van der Waals surface area (Å²) in [6, 6.07) is 4.78. The molecule has 0 spiro atoms. The summed E-state index contributed by atoms with van der Waals surface area (Å²) in [6.45, 7) is 5.43. The molecule has 1 saturated carbocycles. The standard InChI is InChI=1S/C28H34F3N3O4/c1-5-23-33-22(14-15-27(2,3)37)24(34(23)17-19-8-12-21(13-9-19)28(29,30)31)25(35)32-16-18-6-10-20(11-7-18)26(36)38-4/h8-9,12-13,18,20,37H,5-7,10-11,16-17H2,1-4H3,(H,32,35)/t18-,20-. The number of methoxy groups -OCH3 is 1. The highest BCUT2D eigenvalue weighted by molar-refractivity contribution is 5.95. The third kappa shape index (κ3) is 7.60. The Balaban J connectivity index is 1.86. The maximum absolute atomic E-state index is 13.5. The molecule has 3 rings (SSSR count). The Labute approximate surface area is 220 Å². The molecular weight excluding hydrogens is 499 g/mol. The molecule has 1 fully saturated rings. The van der Waals surface area contributed by atoms with Crippen LogP contribution in [-0.4, -0.2) is 45.8 Å². The number of ether oxygens (including phenoxy) is 1. The lowest BCUT2D eigenvalue weighted by Gasteiger charge is -2.27. The van der Waals surface area contributed by atoms with Crippen LogP contribution in [0, 0.1) is 23.7 Å². The fourth-order valence-electron chi connectivity index (χ4n) is 4.54. The molecule has 38 heavy (non-hydrogen) atoms. The molecule has 1 heterocycles. The zero-order chi connectivity index (χ0) is 28.1. The predicted octanol–water partition coefficient (Wildman–Crippen LogP) is 4.34. The third-order valence-electron chi connectivity index (χ3n) is 6.62. The minimum atomic E-state index is -4.44. The number of aryl methyl sites for hydroxylation is 1. The number of carbonyl (C=O) groups excluding carboxylic acids is 2. The number of aromatic nitrogens is 2. The van der Waals surface area contributed by atoms with Crippen LogP contribution < -0.4 is 5.32 Å². The number of nitrogens with one attached hydrogen (secondary N) is 1. The average Bonchev–Trinajstić information content (AvgIpc) is 3.22. The molecule has 7 nitrogen and oxygen atoms in total. The summed E-state index contributed by atoms with van der Waals surface area (Å²) in [7, 11) is 1.38. The first-order valence-corrected chi connectivity index (χ1v) is 12.7. The minimum Gasteiger partial charge on any atom is -0.469 e. The number of imidazole rings is 1. The highest BCUT2D eigenvalue weighted by Gasteiger charge is 2.31. The zero-order valence-electron chi connectivity index (χ0n) is 22.1. The van der Waals surface area contributed by atoms with Gasteiger partial charge in [0.25, 0.3) is 5.91 Å². The molecule has 1 aliphatic carbocycles. The summed E-state index contributed by atoms with van der Waals surface area (Å²) < 4.78 is 45.5. The Kier molecular flexibility index (Phi) is 9.26. The molecule has 1 aromatic heterocycles. The number of nitrogens with zero attached hydrogens (tertiary/aromatic N) is 2. The molecule has 0 radical (unpaired) electrons. The number of hydrogen-bond acceptors (Lipinski definition) is 5. The van der Waals surface area contributed by atoms with Crippen LogP contribution in [0.25, 0.3) is 0 Å². The quantitative estimate of drug-likeness (QED) is 0.408. The van der Waals surface area contributed by atoms with Gasteiger partial charge < -0.3 is 19.7 Å². The van der Waals surface area contributed by atoms with Gasteiger partial charge in [0.15, 0.2) is 0 Å². The number of amides is 1. The first-order valence-electron chi connectivity index (χ1n) is 12.7. The van der Waals surface area contributed by atoms with Gasteiger partial charge >= 0.3 is 12.1 Å². The van der Waals surface area contributed by atoms with Gasteiger partial charge in [-0.05, 0) is 69.1 Å². The van der Waals surface area contributed by atoms with Crippen molar-refractivity contribution in [2.75, 3.05) is 13.7 Å². The van der Waals surface area contributed by atoms with Crippen molar-refractivity contribution in [3.8, 4) is 11.8 Å². The molecule has 2 aromatic rings. The van der Waals surface area contributed by atoms with Crippen molar-refractivity contribution in [3.63, 3.8) is 0 Å². The molecule has 0 bridgehead atoms. The van der Waals surface area contributed by atoms with Crippen LogP contribution in [0.15, 0.2) is 24.3 Å². The SMILES string of the molecule is CCc1nc(C#CC(C)(C)O)c(C(=O)NC[C@H]2CC[C@H](C(=O)OC)CC2)n1Cc1ccc(C(F)(F)F)cc1. The van der Waals surface area contributed by atoms with E-state index in [0.29, 0.717) is 37.2 Å². The summed E-state index contributed by atoms with van der Waals surface area (Å²) in [5.74, 6) is 5.53. The third-order valence-corrected chi connectivity index (χ3v) is 6.62. The number of benzene rings is 1. The molecule has 1 aromatic carbocycles. The number of carbonyl (C=O) groups is 2. The summed E-state index contributed by atoms with van der Waals surface area (Å²) in [4.78, 5) is 29.8. The maximum atomic E-state index is 13.5. The Morgan fingerprint density at radius 1 is 1.16 bits per heavy atom. The molecule has 0 aliphatic heterocycles. The number of rotatable bonds is 7. The van der Waals surface area contributed by atoms with Crippen LogP contribution in [0.5, 0.6) is 0 Å². The normalized spacial score (nSPS) is 17.9. The fourth-order valence-corrected chi connectivity index (χ4v) is 4.54. The van der Waals surface area contributed by atoms with Gasteiger partial charge in [0.05, 0.1) is 18.6 Å². The molecule has 1 aliphatic rings. The highest BCUT2D eigenvalue weighted by Crippen LogP contribution is 2.30. The van der Waals surface area contributed by atoms with Gasteiger partial charge in [-0.15, -0.1) is 0 Å². The molecule has 1 amide bonds. The second-order valence-corrected chi connectivity index (χ2v) is 10.1. The fraction of sp³-hybridized carbons (Fsp3) is 0.536. The van der Waals surface area contributed by atoms with Crippen molar-refractivity contribution in [2.45, 2.75) is 71.2 Å². The Morgan fingerprint density at radius 2 is 1.79 bits per heavy atom. The second kappa shape index (κ2) is 12.0.